The SMILES string of the molecule is COCCc1ccccc1NCC1CCCC(C)C1. The van der Waals surface area contributed by atoms with Crippen molar-refractivity contribution in [3.05, 3.63) is 29.8 Å². The van der Waals surface area contributed by atoms with Crippen molar-refractivity contribution in [1.82, 2.24) is 0 Å². The molecule has 2 rings (SSSR count). The number of ether oxygens (including phenoxy) is 1. The topological polar surface area (TPSA) is 21.3 Å². The van der Waals surface area contributed by atoms with E-state index in [2.05, 4.69) is 36.5 Å². The highest BCUT2D eigenvalue weighted by Gasteiger charge is 2.18. The van der Waals surface area contributed by atoms with Gasteiger partial charge in [0, 0.05) is 19.3 Å². The zero-order valence-electron chi connectivity index (χ0n) is 12.3. The Labute approximate surface area is 117 Å². The smallest absolute Gasteiger partial charge is 0.0503 e. The summed E-state index contributed by atoms with van der Waals surface area (Å²) in [6.07, 6.45) is 6.57. The molecule has 0 saturated heterocycles. The molecule has 0 heterocycles. The summed E-state index contributed by atoms with van der Waals surface area (Å²) in [6.45, 7) is 4.30. The molecule has 0 amide bonds. The van der Waals surface area contributed by atoms with Crippen molar-refractivity contribution in [2.45, 2.75) is 39.0 Å². The van der Waals surface area contributed by atoms with Gasteiger partial charge in [0.2, 0.25) is 0 Å². The molecule has 2 unspecified atom stereocenters. The number of hydrogen-bond donors (Lipinski definition) is 1. The van der Waals surface area contributed by atoms with Gasteiger partial charge in [-0.1, -0.05) is 38.0 Å². The Kier molecular flexibility index (Phi) is 5.71. The summed E-state index contributed by atoms with van der Waals surface area (Å²) in [5.74, 6) is 1.75. The van der Waals surface area contributed by atoms with Crippen LogP contribution in [0, 0.1) is 11.8 Å². The van der Waals surface area contributed by atoms with E-state index in [1.54, 1.807) is 7.11 Å². The Hall–Kier alpha value is -1.02. The van der Waals surface area contributed by atoms with Crippen LogP contribution in [-0.2, 0) is 11.2 Å². The summed E-state index contributed by atoms with van der Waals surface area (Å²) in [5, 5.41) is 3.66. The van der Waals surface area contributed by atoms with Crippen LogP contribution in [-0.4, -0.2) is 20.3 Å². The highest BCUT2D eigenvalue weighted by molar-refractivity contribution is 5.51. The van der Waals surface area contributed by atoms with Crippen molar-refractivity contribution in [3.63, 3.8) is 0 Å². The normalized spacial score (nSPS) is 23.3. The van der Waals surface area contributed by atoms with Crippen LogP contribution >= 0.6 is 0 Å². The lowest BCUT2D eigenvalue weighted by Gasteiger charge is -2.27. The molecular formula is C17H27NO. The van der Waals surface area contributed by atoms with Gasteiger partial charge < -0.3 is 10.1 Å². The minimum absolute atomic E-state index is 0.791. The van der Waals surface area contributed by atoms with Crippen molar-refractivity contribution in [1.29, 1.82) is 0 Å². The van der Waals surface area contributed by atoms with Gasteiger partial charge in [0.25, 0.3) is 0 Å². The molecule has 1 fully saturated rings. The van der Waals surface area contributed by atoms with E-state index in [9.17, 15) is 0 Å². The number of anilines is 1. The Morgan fingerprint density at radius 2 is 2.11 bits per heavy atom. The van der Waals surface area contributed by atoms with E-state index < -0.39 is 0 Å². The molecule has 0 aliphatic heterocycles. The van der Waals surface area contributed by atoms with E-state index >= 15 is 0 Å². The third-order valence-corrected chi connectivity index (χ3v) is 4.22. The first kappa shape index (κ1) is 14.4. The summed E-state index contributed by atoms with van der Waals surface area (Å²) in [6, 6.07) is 8.61. The van der Waals surface area contributed by atoms with Crippen LogP contribution in [0.25, 0.3) is 0 Å². The fourth-order valence-electron chi connectivity index (χ4n) is 3.12. The van der Waals surface area contributed by atoms with Gasteiger partial charge in [0.05, 0.1) is 6.61 Å². The third kappa shape index (κ3) is 4.54. The lowest BCUT2D eigenvalue weighted by molar-refractivity contribution is 0.202. The van der Waals surface area contributed by atoms with Crippen molar-refractivity contribution < 1.29 is 4.74 Å². The molecule has 0 bridgehead atoms. The molecule has 2 atom stereocenters. The number of rotatable bonds is 6. The van der Waals surface area contributed by atoms with Gasteiger partial charge in [-0.25, -0.2) is 0 Å². The predicted molar refractivity (Wildman–Crippen MR) is 81.6 cm³/mol. The lowest BCUT2D eigenvalue weighted by Crippen LogP contribution is -2.21. The van der Waals surface area contributed by atoms with Crippen LogP contribution in [0.4, 0.5) is 5.69 Å². The van der Waals surface area contributed by atoms with Crippen molar-refractivity contribution in [2.24, 2.45) is 11.8 Å². The quantitative estimate of drug-likeness (QED) is 0.832. The van der Waals surface area contributed by atoms with Gasteiger partial charge in [-0.05, 0) is 42.7 Å². The van der Waals surface area contributed by atoms with Gasteiger partial charge >= 0.3 is 0 Å². The highest BCUT2D eigenvalue weighted by Crippen LogP contribution is 2.29. The first-order valence-corrected chi connectivity index (χ1v) is 7.60. The molecule has 19 heavy (non-hydrogen) atoms. The van der Waals surface area contributed by atoms with Crippen molar-refractivity contribution >= 4 is 5.69 Å². The van der Waals surface area contributed by atoms with E-state index in [1.165, 1.54) is 36.9 Å². The number of para-hydroxylation sites is 1. The van der Waals surface area contributed by atoms with E-state index in [4.69, 9.17) is 4.74 Å². The fourth-order valence-corrected chi connectivity index (χ4v) is 3.12. The fraction of sp³-hybridized carbons (Fsp3) is 0.647. The summed E-state index contributed by atoms with van der Waals surface area (Å²) >= 11 is 0. The van der Waals surface area contributed by atoms with E-state index in [-0.39, 0.29) is 0 Å². The second-order valence-corrected chi connectivity index (χ2v) is 5.92. The van der Waals surface area contributed by atoms with Gasteiger partial charge in [-0.15, -0.1) is 0 Å². The Morgan fingerprint density at radius 1 is 1.26 bits per heavy atom. The van der Waals surface area contributed by atoms with Crippen molar-refractivity contribution in [2.75, 3.05) is 25.6 Å². The molecule has 106 valence electrons. The Morgan fingerprint density at radius 3 is 2.89 bits per heavy atom. The maximum absolute atomic E-state index is 5.18. The van der Waals surface area contributed by atoms with Crippen LogP contribution < -0.4 is 5.32 Å². The average molecular weight is 261 g/mol. The van der Waals surface area contributed by atoms with Gasteiger partial charge in [-0.2, -0.15) is 0 Å². The standard InChI is InChI=1S/C17H27NO/c1-14-6-5-7-15(12-14)13-18-17-9-4-3-8-16(17)10-11-19-2/h3-4,8-9,14-15,18H,5-7,10-13H2,1-2H3. The molecule has 0 aromatic heterocycles. The average Bonchev–Trinajstić information content (AvgIpc) is 2.44. The molecule has 2 heteroatoms. The number of nitrogens with one attached hydrogen (secondary N) is 1. The molecule has 1 N–H and O–H groups in total. The second kappa shape index (κ2) is 7.54. The van der Waals surface area contributed by atoms with Gasteiger partial charge in [-0.3, -0.25) is 0 Å². The molecule has 0 spiro atoms. The first-order chi connectivity index (χ1) is 9.29. The molecule has 1 aliphatic carbocycles. The van der Waals surface area contributed by atoms with E-state index in [0.717, 1.165) is 31.4 Å². The summed E-state index contributed by atoms with van der Waals surface area (Å²) < 4.78 is 5.18. The minimum Gasteiger partial charge on any atom is -0.385 e. The van der Waals surface area contributed by atoms with Crippen LogP contribution in [0.1, 0.15) is 38.2 Å². The monoisotopic (exact) mass is 261 g/mol. The number of benzene rings is 1. The first-order valence-electron chi connectivity index (χ1n) is 7.60. The number of methoxy groups -OCH3 is 1. The second-order valence-electron chi connectivity index (χ2n) is 5.92. The van der Waals surface area contributed by atoms with Crippen LogP contribution in [0.15, 0.2) is 24.3 Å². The zero-order chi connectivity index (χ0) is 13.5. The molecule has 1 aromatic carbocycles. The minimum atomic E-state index is 0.791. The van der Waals surface area contributed by atoms with E-state index in [0.29, 0.717) is 0 Å². The van der Waals surface area contributed by atoms with Gasteiger partial charge in [0.1, 0.15) is 0 Å². The maximum atomic E-state index is 5.18. The van der Waals surface area contributed by atoms with Crippen molar-refractivity contribution in [3.8, 4) is 0 Å². The zero-order valence-corrected chi connectivity index (χ0v) is 12.3. The Bertz CT molecular complexity index is 377. The van der Waals surface area contributed by atoms with E-state index in [1.807, 2.05) is 0 Å². The Balaban J connectivity index is 1.87. The summed E-state index contributed by atoms with van der Waals surface area (Å²) in [7, 11) is 1.76. The molecule has 2 nitrogen and oxygen atoms in total. The highest BCUT2D eigenvalue weighted by atomic mass is 16.5. The van der Waals surface area contributed by atoms with Crippen LogP contribution in [0.5, 0.6) is 0 Å². The van der Waals surface area contributed by atoms with Gasteiger partial charge in [0.15, 0.2) is 0 Å². The lowest BCUT2D eigenvalue weighted by atomic mass is 9.82. The molecular weight excluding hydrogens is 234 g/mol. The third-order valence-electron chi connectivity index (χ3n) is 4.22. The number of hydrogen-bond acceptors (Lipinski definition) is 2. The molecule has 1 aliphatic rings. The molecule has 0 radical (unpaired) electrons. The molecule has 1 aromatic rings. The summed E-state index contributed by atoms with van der Waals surface area (Å²) in [5.41, 5.74) is 2.66. The predicted octanol–water partition coefficient (Wildman–Crippen LogP) is 4.11. The van der Waals surface area contributed by atoms with Crippen LogP contribution in [0.2, 0.25) is 0 Å². The summed E-state index contributed by atoms with van der Waals surface area (Å²) in [4.78, 5) is 0. The van der Waals surface area contributed by atoms with Crippen LogP contribution in [0.3, 0.4) is 0 Å². The largest absolute Gasteiger partial charge is 0.385 e. The molecule has 1 saturated carbocycles. The maximum Gasteiger partial charge on any atom is 0.0503 e.